The molecule has 0 spiro atoms. The normalized spacial score (nSPS) is 21.0. The molecule has 3 atom stereocenters. The van der Waals surface area contributed by atoms with Crippen molar-refractivity contribution in [3.63, 3.8) is 0 Å². The molecule has 0 heterocycles. The molecule has 126 valence electrons. The summed E-state index contributed by atoms with van der Waals surface area (Å²) in [5.41, 5.74) is 1.23. The molecule has 1 saturated carbocycles. The smallest absolute Gasteiger partial charge is 0.230 e. The monoisotopic (exact) mass is 319 g/mol. The van der Waals surface area contributed by atoms with Crippen LogP contribution >= 0.6 is 0 Å². The van der Waals surface area contributed by atoms with E-state index in [1.165, 1.54) is 5.56 Å². The molecule has 0 bridgehead atoms. The van der Waals surface area contributed by atoms with Crippen LogP contribution in [0.5, 0.6) is 0 Å². The number of nitrogens with one attached hydrogen (secondary N) is 1. The average Bonchev–Trinajstić information content (AvgIpc) is 3.35. The molecule has 1 aromatic carbocycles. The third kappa shape index (κ3) is 4.76. The molecule has 1 aliphatic rings. The Morgan fingerprint density at radius 3 is 2.52 bits per heavy atom. The highest BCUT2D eigenvalue weighted by molar-refractivity contribution is 5.82. The van der Waals surface area contributed by atoms with Crippen molar-refractivity contribution in [2.45, 2.75) is 38.8 Å². The van der Waals surface area contributed by atoms with Gasteiger partial charge in [0.15, 0.2) is 0 Å². The minimum Gasteiger partial charge on any atom is -0.354 e. The second-order valence-corrected chi connectivity index (χ2v) is 6.00. The molecule has 1 aliphatic carbocycles. The SMILES string of the molecule is CCN(CC)C(CNC(=O)C1CC1[N+](=O)[O-])Cc1ccccc1. The lowest BCUT2D eigenvalue weighted by atomic mass is 10.0. The van der Waals surface area contributed by atoms with Crippen LogP contribution in [0.1, 0.15) is 25.8 Å². The molecule has 1 amide bonds. The van der Waals surface area contributed by atoms with Crippen molar-refractivity contribution in [2.24, 2.45) is 5.92 Å². The summed E-state index contributed by atoms with van der Waals surface area (Å²) in [4.78, 5) is 24.7. The van der Waals surface area contributed by atoms with Crippen LogP contribution in [0.3, 0.4) is 0 Å². The fourth-order valence-electron chi connectivity index (χ4n) is 3.00. The lowest BCUT2D eigenvalue weighted by Crippen LogP contribution is -2.45. The van der Waals surface area contributed by atoms with Crippen LogP contribution in [0.15, 0.2) is 30.3 Å². The Bertz CT molecular complexity index is 531. The second kappa shape index (κ2) is 8.06. The second-order valence-electron chi connectivity index (χ2n) is 6.00. The summed E-state index contributed by atoms with van der Waals surface area (Å²) in [6.45, 7) is 6.55. The van der Waals surface area contributed by atoms with Gasteiger partial charge in [-0.05, 0) is 25.1 Å². The summed E-state index contributed by atoms with van der Waals surface area (Å²) < 4.78 is 0. The van der Waals surface area contributed by atoms with Gasteiger partial charge in [0, 0.05) is 23.9 Å². The zero-order valence-corrected chi connectivity index (χ0v) is 13.8. The van der Waals surface area contributed by atoms with Gasteiger partial charge in [-0.1, -0.05) is 44.2 Å². The molecular weight excluding hydrogens is 294 g/mol. The first-order valence-corrected chi connectivity index (χ1v) is 8.26. The summed E-state index contributed by atoms with van der Waals surface area (Å²) in [6.07, 6.45) is 1.22. The zero-order valence-electron chi connectivity index (χ0n) is 13.8. The first kappa shape index (κ1) is 17.4. The van der Waals surface area contributed by atoms with Crippen molar-refractivity contribution in [2.75, 3.05) is 19.6 Å². The molecule has 0 radical (unpaired) electrons. The van der Waals surface area contributed by atoms with E-state index in [0.29, 0.717) is 13.0 Å². The number of carbonyl (C=O) groups is 1. The number of benzene rings is 1. The van der Waals surface area contributed by atoms with Gasteiger partial charge in [-0.25, -0.2) is 0 Å². The highest BCUT2D eigenvalue weighted by atomic mass is 16.6. The van der Waals surface area contributed by atoms with Crippen LogP contribution in [0.25, 0.3) is 0 Å². The fourth-order valence-corrected chi connectivity index (χ4v) is 3.00. The number of likely N-dealkylation sites (N-methyl/N-ethyl adjacent to an activating group) is 1. The van der Waals surface area contributed by atoms with Crippen LogP contribution in [0, 0.1) is 16.0 Å². The molecule has 2 rings (SSSR count). The van der Waals surface area contributed by atoms with Crippen molar-refractivity contribution < 1.29 is 9.72 Å². The van der Waals surface area contributed by atoms with Gasteiger partial charge in [0.2, 0.25) is 11.9 Å². The number of hydrogen-bond donors (Lipinski definition) is 1. The summed E-state index contributed by atoms with van der Waals surface area (Å²) in [5.74, 6) is -0.629. The Kier molecular flexibility index (Phi) is 6.10. The van der Waals surface area contributed by atoms with Crippen LogP contribution in [-0.2, 0) is 11.2 Å². The molecular formula is C17H25N3O3. The lowest BCUT2D eigenvalue weighted by molar-refractivity contribution is -0.497. The van der Waals surface area contributed by atoms with E-state index in [-0.39, 0.29) is 16.9 Å². The van der Waals surface area contributed by atoms with Crippen molar-refractivity contribution in [3.05, 3.63) is 46.0 Å². The highest BCUT2D eigenvalue weighted by Crippen LogP contribution is 2.33. The van der Waals surface area contributed by atoms with Crippen LogP contribution in [-0.4, -0.2) is 47.4 Å². The predicted octanol–water partition coefficient (Wildman–Crippen LogP) is 1.72. The van der Waals surface area contributed by atoms with Gasteiger partial charge < -0.3 is 5.32 Å². The van der Waals surface area contributed by atoms with E-state index >= 15 is 0 Å². The summed E-state index contributed by atoms with van der Waals surface area (Å²) in [6, 6.07) is 9.70. The quantitative estimate of drug-likeness (QED) is 0.555. The summed E-state index contributed by atoms with van der Waals surface area (Å²) in [7, 11) is 0. The number of amides is 1. The molecule has 1 N–H and O–H groups in total. The Balaban J connectivity index is 1.92. The van der Waals surface area contributed by atoms with Gasteiger partial charge in [0.05, 0.1) is 0 Å². The third-order valence-corrected chi connectivity index (χ3v) is 4.52. The Morgan fingerprint density at radius 1 is 1.35 bits per heavy atom. The number of hydrogen-bond acceptors (Lipinski definition) is 4. The van der Waals surface area contributed by atoms with E-state index < -0.39 is 12.0 Å². The largest absolute Gasteiger partial charge is 0.354 e. The Morgan fingerprint density at radius 2 is 2.00 bits per heavy atom. The van der Waals surface area contributed by atoms with Gasteiger partial charge >= 0.3 is 0 Å². The molecule has 3 unspecified atom stereocenters. The third-order valence-electron chi connectivity index (χ3n) is 4.52. The summed E-state index contributed by atoms with van der Waals surface area (Å²) in [5, 5.41) is 13.6. The van der Waals surface area contributed by atoms with E-state index in [1.54, 1.807) is 0 Å². The number of nitro groups is 1. The van der Waals surface area contributed by atoms with Crippen LogP contribution < -0.4 is 5.32 Å². The van der Waals surface area contributed by atoms with E-state index in [9.17, 15) is 14.9 Å². The number of carbonyl (C=O) groups excluding carboxylic acids is 1. The molecule has 6 heteroatoms. The minimum atomic E-state index is -0.684. The standard InChI is InChI=1S/C17H25N3O3/c1-3-19(4-2)14(10-13-8-6-5-7-9-13)12-18-17(21)15-11-16(15)20(22)23/h5-9,14-16H,3-4,10-12H2,1-2H3,(H,18,21). The van der Waals surface area contributed by atoms with E-state index in [0.717, 1.165) is 19.5 Å². The maximum absolute atomic E-state index is 12.0. The first-order chi connectivity index (χ1) is 11.1. The molecule has 23 heavy (non-hydrogen) atoms. The Hall–Kier alpha value is -1.95. The number of rotatable bonds is 9. The molecule has 0 aliphatic heterocycles. The van der Waals surface area contributed by atoms with Crippen molar-refractivity contribution in [1.29, 1.82) is 0 Å². The average molecular weight is 319 g/mol. The van der Waals surface area contributed by atoms with Crippen molar-refractivity contribution >= 4 is 5.91 Å². The van der Waals surface area contributed by atoms with Crippen molar-refractivity contribution in [3.8, 4) is 0 Å². The van der Waals surface area contributed by atoms with E-state index in [2.05, 4.69) is 36.2 Å². The zero-order chi connectivity index (χ0) is 16.8. The molecule has 0 saturated heterocycles. The molecule has 6 nitrogen and oxygen atoms in total. The first-order valence-electron chi connectivity index (χ1n) is 8.26. The van der Waals surface area contributed by atoms with Gasteiger partial charge in [-0.2, -0.15) is 0 Å². The van der Waals surface area contributed by atoms with E-state index in [1.807, 2.05) is 18.2 Å². The van der Waals surface area contributed by atoms with E-state index in [4.69, 9.17) is 0 Å². The van der Waals surface area contributed by atoms with Gasteiger partial charge in [-0.15, -0.1) is 0 Å². The van der Waals surface area contributed by atoms with Crippen LogP contribution in [0.2, 0.25) is 0 Å². The maximum atomic E-state index is 12.0. The summed E-state index contributed by atoms with van der Waals surface area (Å²) >= 11 is 0. The van der Waals surface area contributed by atoms with Gasteiger partial charge in [0.1, 0.15) is 5.92 Å². The molecule has 1 aromatic rings. The fraction of sp³-hybridized carbons (Fsp3) is 0.588. The Labute approximate surface area is 137 Å². The predicted molar refractivity (Wildman–Crippen MR) is 88.8 cm³/mol. The molecule has 1 fully saturated rings. The topological polar surface area (TPSA) is 75.5 Å². The highest BCUT2D eigenvalue weighted by Gasteiger charge is 2.53. The minimum absolute atomic E-state index is 0.183. The van der Waals surface area contributed by atoms with Gasteiger partial charge in [-0.3, -0.25) is 19.8 Å². The maximum Gasteiger partial charge on any atom is 0.230 e. The molecule has 0 aromatic heterocycles. The number of nitrogens with zero attached hydrogens (tertiary/aromatic N) is 2. The lowest BCUT2D eigenvalue weighted by Gasteiger charge is -2.30. The van der Waals surface area contributed by atoms with Crippen LogP contribution in [0.4, 0.5) is 0 Å². The van der Waals surface area contributed by atoms with Crippen molar-refractivity contribution in [1.82, 2.24) is 10.2 Å². The van der Waals surface area contributed by atoms with Gasteiger partial charge in [0.25, 0.3) is 0 Å².